The van der Waals surface area contributed by atoms with E-state index in [0.717, 1.165) is 16.9 Å². The molecule has 0 spiro atoms. The lowest BCUT2D eigenvalue weighted by atomic mass is 10.0. The molecule has 2 aromatic heterocycles. The molecule has 6 nitrogen and oxygen atoms in total. The van der Waals surface area contributed by atoms with Crippen molar-refractivity contribution in [2.24, 2.45) is 0 Å². The van der Waals surface area contributed by atoms with E-state index in [1.165, 1.54) is 10.9 Å². The molecule has 0 bridgehead atoms. The predicted octanol–water partition coefficient (Wildman–Crippen LogP) is 6.07. The van der Waals surface area contributed by atoms with E-state index < -0.39 is 0 Å². The van der Waals surface area contributed by atoms with Crippen molar-refractivity contribution in [3.8, 4) is 11.6 Å². The summed E-state index contributed by atoms with van der Waals surface area (Å²) in [6.45, 7) is 1.82. The molecule has 2 aromatic carbocycles. The van der Waals surface area contributed by atoms with Crippen molar-refractivity contribution in [3.05, 3.63) is 99.8 Å². The van der Waals surface area contributed by atoms with Gasteiger partial charge in [0.2, 0.25) is 0 Å². The number of amides is 1. The molecule has 1 N–H and O–H groups in total. The lowest BCUT2D eigenvalue weighted by molar-refractivity contribution is -0.111. The number of aromatic nitrogens is 3. The van der Waals surface area contributed by atoms with Gasteiger partial charge in [0, 0.05) is 17.8 Å². The van der Waals surface area contributed by atoms with Gasteiger partial charge in [0.25, 0.3) is 5.91 Å². The van der Waals surface area contributed by atoms with Crippen molar-refractivity contribution < 1.29 is 9.53 Å². The van der Waals surface area contributed by atoms with Crippen LogP contribution in [0.25, 0.3) is 17.5 Å². The van der Waals surface area contributed by atoms with Crippen LogP contribution in [0.2, 0.25) is 10.0 Å². The summed E-state index contributed by atoms with van der Waals surface area (Å²) < 4.78 is 6.71. The number of nitrogens with one attached hydrogen (secondary N) is 1. The maximum atomic E-state index is 13.5. The largest absolute Gasteiger partial charge is 0.497 e. The number of anilines is 1. The van der Waals surface area contributed by atoms with Gasteiger partial charge in [-0.1, -0.05) is 65.7 Å². The van der Waals surface area contributed by atoms with Crippen molar-refractivity contribution in [2.45, 2.75) is 6.92 Å². The van der Waals surface area contributed by atoms with E-state index in [1.807, 2.05) is 67.6 Å². The third-order valence-electron chi connectivity index (χ3n) is 4.82. The number of rotatable bonds is 6. The van der Waals surface area contributed by atoms with Crippen LogP contribution in [0.5, 0.6) is 5.75 Å². The fourth-order valence-corrected chi connectivity index (χ4v) is 3.72. The standard InChI is InChI=1S/C25H20Cl2N4O2/c1-16-12-23(31(30-16)24-22(27)14-19(26)15-28-24)29-25(32)21(18-6-4-3-5-7-18)13-17-8-10-20(33-2)11-9-17/h3-15H,1-2H3,(H,29,32)/b21-13+. The number of halogens is 2. The molecule has 4 aromatic rings. The Morgan fingerprint density at radius 1 is 1.06 bits per heavy atom. The average molecular weight is 479 g/mol. The first-order chi connectivity index (χ1) is 15.9. The minimum atomic E-state index is -0.303. The highest BCUT2D eigenvalue weighted by molar-refractivity contribution is 6.35. The summed E-state index contributed by atoms with van der Waals surface area (Å²) in [4.78, 5) is 17.7. The number of aryl methyl sites for hydroxylation is 1. The minimum absolute atomic E-state index is 0.303. The van der Waals surface area contributed by atoms with Crippen LogP contribution in [0, 0.1) is 6.92 Å². The van der Waals surface area contributed by atoms with Gasteiger partial charge in [-0.2, -0.15) is 9.78 Å². The maximum Gasteiger partial charge on any atom is 0.257 e. The maximum absolute atomic E-state index is 13.5. The van der Waals surface area contributed by atoms with Gasteiger partial charge in [0.05, 0.1) is 22.8 Å². The number of carbonyl (C=O) groups excluding carboxylic acids is 1. The fraction of sp³-hybridized carbons (Fsp3) is 0.0800. The van der Waals surface area contributed by atoms with Gasteiger partial charge in [-0.15, -0.1) is 0 Å². The molecule has 0 unspecified atom stereocenters. The number of ether oxygens (including phenoxy) is 1. The van der Waals surface area contributed by atoms with Crippen molar-refractivity contribution in [3.63, 3.8) is 0 Å². The van der Waals surface area contributed by atoms with Gasteiger partial charge in [-0.25, -0.2) is 4.98 Å². The number of hydrogen-bond donors (Lipinski definition) is 1. The normalized spacial score (nSPS) is 11.3. The summed E-state index contributed by atoms with van der Waals surface area (Å²) >= 11 is 12.3. The first-order valence-corrected chi connectivity index (χ1v) is 10.8. The summed E-state index contributed by atoms with van der Waals surface area (Å²) in [5.41, 5.74) is 2.81. The highest BCUT2D eigenvalue weighted by Crippen LogP contribution is 2.27. The molecule has 2 heterocycles. The lowest BCUT2D eigenvalue weighted by Crippen LogP contribution is -2.17. The molecule has 4 rings (SSSR count). The van der Waals surface area contributed by atoms with Gasteiger partial charge < -0.3 is 10.1 Å². The fourth-order valence-electron chi connectivity index (χ4n) is 3.26. The smallest absolute Gasteiger partial charge is 0.257 e. The second-order valence-corrected chi connectivity index (χ2v) is 8.04. The zero-order valence-electron chi connectivity index (χ0n) is 17.9. The lowest BCUT2D eigenvalue weighted by Gasteiger charge is -2.12. The zero-order chi connectivity index (χ0) is 23.4. The van der Waals surface area contributed by atoms with E-state index in [0.29, 0.717) is 32.9 Å². The molecule has 0 saturated heterocycles. The molecule has 8 heteroatoms. The summed E-state index contributed by atoms with van der Waals surface area (Å²) in [5, 5.41) is 8.12. The van der Waals surface area contributed by atoms with Crippen LogP contribution < -0.4 is 10.1 Å². The number of carbonyl (C=O) groups is 1. The van der Waals surface area contributed by atoms with Gasteiger partial charge in [0.15, 0.2) is 5.82 Å². The Morgan fingerprint density at radius 2 is 1.79 bits per heavy atom. The topological polar surface area (TPSA) is 69.0 Å². The minimum Gasteiger partial charge on any atom is -0.497 e. The van der Waals surface area contributed by atoms with E-state index >= 15 is 0 Å². The number of benzene rings is 2. The molecule has 1 amide bonds. The number of methoxy groups -OCH3 is 1. The summed E-state index contributed by atoms with van der Waals surface area (Å²) in [7, 11) is 1.61. The van der Waals surface area contributed by atoms with E-state index in [1.54, 1.807) is 19.2 Å². The second kappa shape index (κ2) is 9.90. The van der Waals surface area contributed by atoms with E-state index in [4.69, 9.17) is 27.9 Å². The molecular weight excluding hydrogens is 459 g/mol. The molecule has 0 aliphatic heterocycles. The quantitative estimate of drug-likeness (QED) is 0.269. The Bertz CT molecular complexity index is 1320. The van der Waals surface area contributed by atoms with Crippen molar-refractivity contribution in [1.82, 2.24) is 14.8 Å². The molecule has 33 heavy (non-hydrogen) atoms. The monoisotopic (exact) mass is 478 g/mol. The molecule has 0 saturated carbocycles. The van der Waals surface area contributed by atoms with Gasteiger partial charge in [-0.3, -0.25) is 4.79 Å². The summed E-state index contributed by atoms with van der Waals surface area (Å²) in [6.07, 6.45) is 3.30. The average Bonchev–Trinajstić information content (AvgIpc) is 3.17. The molecule has 166 valence electrons. The van der Waals surface area contributed by atoms with E-state index in [9.17, 15) is 4.79 Å². The summed E-state index contributed by atoms with van der Waals surface area (Å²) in [5.74, 6) is 1.24. The van der Waals surface area contributed by atoms with Gasteiger partial charge in [-0.05, 0) is 42.3 Å². The van der Waals surface area contributed by atoms with Crippen LogP contribution in [-0.2, 0) is 4.79 Å². The number of nitrogens with zero attached hydrogens (tertiary/aromatic N) is 3. The van der Waals surface area contributed by atoms with Crippen LogP contribution in [-0.4, -0.2) is 27.8 Å². The second-order valence-electron chi connectivity index (χ2n) is 7.19. The number of hydrogen-bond acceptors (Lipinski definition) is 4. The molecule has 0 atom stereocenters. The van der Waals surface area contributed by atoms with Crippen LogP contribution >= 0.6 is 23.2 Å². The van der Waals surface area contributed by atoms with E-state index in [2.05, 4.69) is 15.4 Å². The molecular formula is C25H20Cl2N4O2. The molecule has 0 aliphatic carbocycles. The highest BCUT2D eigenvalue weighted by atomic mass is 35.5. The van der Waals surface area contributed by atoms with Gasteiger partial charge in [0.1, 0.15) is 11.6 Å². The predicted molar refractivity (Wildman–Crippen MR) is 132 cm³/mol. The van der Waals surface area contributed by atoms with Crippen LogP contribution in [0.4, 0.5) is 5.82 Å². The van der Waals surface area contributed by atoms with Crippen LogP contribution in [0.3, 0.4) is 0 Å². The van der Waals surface area contributed by atoms with Crippen LogP contribution in [0.1, 0.15) is 16.8 Å². The summed E-state index contributed by atoms with van der Waals surface area (Å²) in [6, 6.07) is 20.2. The van der Waals surface area contributed by atoms with Crippen molar-refractivity contribution >= 4 is 46.6 Å². The molecule has 0 radical (unpaired) electrons. The molecule has 0 aliphatic rings. The Hall–Kier alpha value is -3.61. The Labute approximate surface area is 201 Å². The van der Waals surface area contributed by atoms with Gasteiger partial charge >= 0.3 is 0 Å². The Kier molecular flexibility index (Phi) is 6.77. The SMILES string of the molecule is COc1ccc(/C=C(/C(=O)Nc2cc(C)nn2-c2ncc(Cl)cc2Cl)c2ccccc2)cc1. The number of pyridine rings is 1. The molecule has 0 fully saturated rings. The first kappa shape index (κ1) is 22.6. The third-order valence-corrected chi connectivity index (χ3v) is 5.30. The zero-order valence-corrected chi connectivity index (χ0v) is 19.4. The first-order valence-electron chi connectivity index (χ1n) is 10.0. The highest BCUT2D eigenvalue weighted by Gasteiger charge is 2.18. The van der Waals surface area contributed by atoms with Crippen LogP contribution in [0.15, 0.2) is 72.9 Å². The van der Waals surface area contributed by atoms with E-state index in [-0.39, 0.29) is 5.91 Å². The Morgan fingerprint density at radius 3 is 2.45 bits per heavy atom. The van der Waals surface area contributed by atoms with Crippen molar-refractivity contribution in [2.75, 3.05) is 12.4 Å². The Balaban J connectivity index is 1.72. The van der Waals surface area contributed by atoms with Crippen molar-refractivity contribution in [1.29, 1.82) is 0 Å². The third kappa shape index (κ3) is 5.25.